The third-order valence-corrected chi connectivity index (χ3v) is 12.3. The van der Waals surface area contributed by atoms with Crippen molar-refractivity contribution >= 4 is 17.1 Å². The van der Waals surface area contributed by atoms with Crippen LogP contribution in [0.3, 0.4) is 0 Å². The summed E-state index contributed by atoms with van der Waals surface area (Å²) in [7, 11) is 0. The molecule has 39 heavy (non-hydrogen) atoms. The number of allylic oxidation sites excluding steroid dienone is 1. The van der Waals surface area contributed by atoms with Crippen LogP contribution in [0.25, 0.3) is 28.5 Å². The molecule has 0 radical (unpaired) electrons. The molecule has 2 aliphatic heterocycles. The van der Waals surface area contributed by atoms with Gasteiger partial charge in [-0.25, -0.2) is 4.57 Å². The maximum Gasteiger partial charge on any atom is 0.298 e. The highest BCUT2D eigenvalue weighted by Crippen LogP contribution is 2.65. The molecule has 4 aliphatic rings. The summed E-state index contributed by atoms with van der Waals surface area (Å²) in [4.78, 5) is 0. The minimum Gasteiger partial charge on any atom is -0.448 e. The van der Waals surface area contributed by atoms with Gasteiger partial charge in [-0.3, -0.25) is 0 Å². The summed E-state index contributed by atoms with van der Waals surface area (Å²) < 4.78 is 12.3. The van der Waals surface area contributed by atoms with Gasteiger partial charge in [0, 0.05) is 12.8 Å². The monoisotopic (exact) mass is 523 g/mol. The van der Waals surface area contributed by atoms with Crippen molar-refractivity contribution in [1.29, 1.82) is 0 Å². The number of hydrogen-bond acceptors (Lipinski definition) is 1. The van der Waals surface area contributed by atoms with Gasteiger partial charge in [0.15, 0.2) is 11.0 Å². The Morgan fingerprint density at radius 3 is 2.23 bits per heavy atom. The maximum absolute atomic E-state index is 6.92. The van der Waals surface area contributed by atoms with E-state index in [-0.39, 0.29) is 27.5 Å². The standard InChI is InChI=1S/C36H47N2O/c1-9-12-13-18-34(8)32(4,5)25-22-27-28(23-26(25)33(34,6)7)38-31-30-24(17-19-35(10-2,11-3)37(27)31)15-14-16-29(30)39-36(38)20-21-36/h14-17,19,22-23H,9-13,18,20-21H2,1-8H3/q+1. The lowest BCUT2D eigenvalue weighted by molar-refractivity contribution is -0.744. The van der Waals surface area contributed by atoms with E-state index >= 15 is 0 Å². The summed E-state index contributed by atoms with van der Waals surface area (Å²) in [5.74, 6) is 2.41. The fourth-order valence-electron chi connectivity index (χ4n) is 8.93. The summed E-state index contributed by atoms with van der Waals surface area (Å²) in [6.07, 6.45) is 14.3. The first-order valence-electron chi connectivity index (χ1n) is 15.7. The van der Waals surface area contributed by atoms with Crippen LogP contribution >= 0.6 is 0 Å². The normalized spacial score (nSPS) is 25.3. The fraction of sp³-hybridized carbons (Fsp3) is 0.583. The van der Waals surface area contributed by atoms with Gasteiger partial charge >= 0.3 is 0 Å². The zero-order valence-electron chi connectivity index (χ0n) is 25.5. The quantitative estimate of drug-likeness (QED) is 0.233. The largest absolute Gasteiger partial charge is 0.448 e. The molecule has 1 spiro atoms. The molecule has 0 N–H and O–H groups in total. The van der Waals surface area contributed by atoms with E-state index in [2.05, 4.69) is 107 Å². The average molecular weight is 524 g/mol. The molecule has 206 valence electrons. The van der Waals surface area contributed by atoms with Crippen LogP contribution < -0.4 is 9.30 Å². The molecule has 2 aliphatic carbocycles. The van der Waals surface area contributed by atoms with Crippen molar-refractivity contribution in [3.63, 3.8) is 0 Å². The molecule has 3 aromatic rings. The minimum atomic E-state index is -0.251. The van der Waals surface area contributed by atoms with Crippen LogP contribution in [-0.4, -0.2) is 4.57 Å². The zero-order valence-corrected chi connectivity index (χ0v) is 25.5. The molecular weight excluding hydrogens is 476 g/mol. The number of fused-ring (bicyclic) bond motifs is 5. The van der Waals surface area contributed by atoms with Crippen molar-refractivity contribution in [2.24, 2.45) is 5.41 Å². The Bertz CT molecular complexity index is 1540. The second-order valence-electron chi connectivity index (χ2n) is 14.3. The topological polar surface area (TPSA) is 18.0 Å². The van der Waals surface area contributed by atoms with Crippen LogP contribution in [0.15, 0.2) is 36.4 Å². The van der Waals surface area contributed by atoms with Crippen molar-refractivity contribution in [1.82, 2.24) is 4.57 Å². The lowest BCUT2D eigenvalue weighted by Gasteiger charge is -2.48. The number of rotatable bonds is 6. The molecule has 3 nitrogen and oxygen atoms in total. The predicted octanol–water partition coefficient (Wildman–Crippen LogP) is 9.13. The smallest absolute Gasteiger partial charge is 0.298 e. The Hall–Kier alpha value is -2.55. The summed E-state index contributed by atoms with van der Waals surface area (Å²) in [5.41, 5.74) is 8.45. The zero-order chi connectivity index (χ0) is 27.6. The number of imidazole rings is 1. The Balaban J connectivity index is 1.59. The molecule has 2 aromatic carbocycles. The summed E-state index contributed by atoms with van der Waals surface area (Å²) >= 11 is 0. The Labute approximate surface area is 235 Å². The van der Waals surface area contributed by atoms with E-state index < -0.39 is 0 Å². The van der Waals surface area contributed by atoms with E-state index in [1.165, 1.54) is 53.7 Å². The SMILES string of the molecule is CCCCCC1(C)C(C)(C)c2cc3c(cc2C1(C)C)[n+]1c2n3C(CC)(CC)C=Cc3cccc(c3-2)OC12CC2. The number of aromatic nitrogens is 2. The van der Waals surface area contributed by atoms with Gasteiger partial charge in [-0.2, -0.15) is 4.57 Å². The van der Waals surface area contributed by atoms with Gasteiger partial charge in [-0.05, 0) is 76.5 Å². The molecule has 0 saturated heterocycles. The number of hydrogen-bond donors (Lipinski definition) is 0. The fourth-order valence-corrected chi connectivity index (χ4v) is 8.93. The molecule has 1 atom stereocenters. The van der Waals surface area contributed by atoms with Crippen molar-refractivity contribution in [3.05, 3.63) is 53.1 Å². The van der Waals surface area contributed by atoms with Crippen molar-refractivity contribution < 1.29 is 9.30 Å². The first-order valence-corrected chi connectivity index (χ1v) is 15.7. The third kappa shape index (κ3) is 2.88. The van der Waals surface area contributed by atoms with Crippen LogP contribution in [0.4, 0.5) is 0 Å². The van der Waals surface area contributed by atoms with Crippen LogP contribution in [0.2, 0.25) is 0 Å². The van der Waals surface area contributed by atoms with Crippen molar-refractivity contribution in [2.45, 2.75) is 129 Å². The maximum atomic E-state index is 6.92. The van der Waals surface area contributed by atoms with Gasteiger partial charge in [0.2, 0.25) is 0 Å². The molecule has 1 aromatic heterocycles. The van der Waals surface area contributed by atoms with Crippen LogP contribution in [0, 0.1) is 5.41 Å². The number of ether oxygens (including phenoxy) is 1. The van der Waals surface area contributed by atoms with Gasteiger partial charge in [0.25, 0.3) is 11.5 Å². The van der Waals surface area contributed by atoms with E-state index in [4.69, 9.17) is 4.74 Å². The van der Waals surface area contributed by atoms with Crippen LogP contribution in [0.5, 0.6) is 5.75 Å². The van der Waals surface area contributed by atoms with Crippen molar-refractivity contribution in [3.8, 4) is 17.1 Å². The minimum absolute atomic E-state index is 0.0700. The van der Waals surface area contributed by atoms with Gasteiger partial charge in [-0.1, -0.05) is 92.9 Å². The van der Waals surface area contributed by atoms with E-state index in [0.717, 1.165) is 31.4 Å². The van der Waals surface area contributed by atoms with E-state index in [1.807, 2.05) is 0 Å². The first-order chi connectivity index (χ1) is 18.5. The second-order valence-corrected chi connectivity index (χ2v) is 14.3. The first kappa shape index (κ1) is 25.4. The molecule has 3 heteroatoms. The van der Waals surface area contributed by atoms with E-state index in [1.54, 1.807) is 11.1 Å². The molecule has 1 unspecified atom stereocenters. The van der Waals surface area contributed by atoms with E-state index in [0.29, 0.717) is 0 Å². The number of benzene rings is 2. The Kier molecular flexibility index (Phi) is 5.08. The highest BCUT2D eigenvalue weighted by molar-refractivity contribution is 5.86. The molecular formula is C36H47N2O+. The second kappa shape index (κ2) is 7.80. The lowest BCUT2D eigenvalue weighted by atomic mass is 9.56. The van der Waals surface area contributed by atoms with Crippen LogP contribution in [-0.2, 0) is 22.1 Å². The van der Waals surface area contributed by atoms with Gasteiger partial charge in [0.05, 0.1) is 0 Å². The number of unbranched alkanes of at least 4 members (excludes halogenated alkanes) is 2. The summed E-state index contributed by atoms with van der Waals surface area (Å²) in [6.45, 7) is 19.7. The molecule has 7 rings (SSSR count). The summed E-state index contributed by atoms with van der Waals surface area (Å²) in [5, 5.41) is 0. The Morgan fingerprint density at radius 1 is 0.897 bits per heavy atom. The predicted molar refractivity (Wildman–Crippen MR) is 161 cm³/mol. The van der Waals surface area contributed by atoms with Crippen LogP contribution in [0.1, 0.15) is 123 Å². The number of nitrogens with zero attached hydrogens (tertiary/aromatic N) is 2. The van der Waals surface area contributed by atoms with E-state index in [9.17, 15) is 0 Å². The highest BCUT2D eigenvalue weighted by Gasteiger charge is 2.63. The van der Waals surface area contributed by atoms with Gasteiger partial charge in [0.1, 0.15) is 16.9 Å². The van der Waals surface area contributed by atoms with Gasteiger partial charge < -0.3 is 4.74 Å². The van der Waals surface area contributed by atoms with Crippen molar-refractivity contribution in [2.75, 3.05) is 0 Å². The molecule has 0 amide bonds. The van der Waals surface area contributed by atoms with Gasteiger partial charge in [-0.15, -0.1) is 0 Å². The molecule has 0 bridgehead atoms. The Morgan fingerprint density at radius 2 is 1.59 bits per heavy atom. The summed E-state index contributed by atoms with van der Waals surface area (Å²) in [6, 6.07) is 11.9. The molecule has 1 saturated carbocycles. The lowest BCUT2D eigenvalue weighted by Crippen LogP contribution is -2.54. The average Bonchev–Trinajstić information content (AvgIpc) is 3.60. The molecule has 1 fully saturated rings. The molecule has 3 heterocycles. The highest BCUT2D eigenvalue weighted by atomic mass is 16.5. The third-order valence-electron chi connectivity index (χ3n) is 12.3.